The van der Waals surface area contributed by atoms with Crippen molar-refractivity contribution in [2.75, 3.05) is 20.0 Å². The summed E-state index contributed by atoms with van der Waals surface area (Å²) in [6, 6.07) is 6.29. The van der Waals surface area contributed by atoms with Crippen LogP contribution in [0.2, 0.25) is 0 Å². The second-order valence-corrected chi connectivity index (χ2v) is 4.47. The first-order valence-electron chi connectivity index (χ1n) is 5.91. The molecular formula is C13H20N2O2. The lowest BCUT2D eigenvalue weighted by Gasteiger charge is -2.34. The minimum Gasteiger partial charge on any atom is -0.497 e. The van der Waals surface area contributed by atoms with E-state index in [9.17, 15) is 0 Å². The molecule has 0 bridgehead atoms. The number of hydrogen-bond acceptors (Lipinski definition) is 4. The first kappa shape index (κ1) is 12.2. The average Bonchev–Trinajstić information content (AvgIpc) is 2.29. The Morgan fingerprint density at radius 1 is 1.35 bits per heavy atom. The molecular weight excluding hydrogens is 216 g/mol. The predicted octanol–water partition coefficient (Wildman–Crippen LogP) is 1.54. The Kier molecular flexibility index (Phi) is 3.86. The molecule has 0 saturated heterocycles. The summed E-state index contributed by atoms with van der Waals surface area (Å²) in [5.41, 5.74) is 7.82. The fourth-order valence-electron chi connectivity index (χ4n) is 2.04. The second kappa shape index (κ2) is 5.38. The van der Waals surface area contributed by atoms with Gasteiger partial charge in [0.25, 0.3) is 0 Å². The minimum absolute atomic E-state index is 0.426. The molecule has 2 rings (SSSR count). The van der Waals surface area contributed by atoms with Gasteiger partial charge in [0.05, 0.1) is 13.2 Å². The molecule has 0 atom stereocenters. The van der Waals surface area contributed by atoms with Crippen LogP contribution in [0.4, 0.5) is 5.69 Å². The van der Waals surface area contributed by atoms with E-state index in [0.29, 0.717) is 12.1 Å². The molecule has 4 heteroatoms. The van der Waals surface area contributed by atoms with E-state index < -0.39 is 0 Å². The van der Waals surface area contributed by atoms with E-state index in [4.69, 9.17) is 15.2 Å². The van der Waals surface area contributed by atoms with Crippen molar-refractivity contribution in [3.63, 3.8) is 0 Å². The maximum atomic E-state index is 5.92. The molecule has 1 saturated carbocycles. The normalized spacial score (nSPS) is 23.2. The summed E-state index contributed by atoms with van der Waals surface area (Å²) in [4.78, 5) is 0. The summed E-state index contributed by atoms with van der Waals surface area (Å²) in [5.74, 6) is 0.847. The monoisotopic (exact) mass is 236 g/mol. The molecule has 0 aromatic heterocycles. The summed E-state index contributed by atoms with van der Waals surface area (Å²) in [6.45, 7) is 0.782. The van der Waals surface area contributed by atoms with E-state index in [1.54, 1.807) is 14.2 Å². The van der Waals surface area contributed by atoms with Gasteiger partial charge in [-0.1, -0.05) is 0 Å². The highest BCUT2D eigenvalue weighted by atomic mass is 16.5. The highest BCUT2D eigenvalue weighted by Gasteiger charge is 2.28. The van der Waals surface area contributed by atoms with Crippen LogP contribution in [0.5, 0.6) is 5.75 Å². The lowest BCUT2D eigenvalue weighted by molar-refractivity contribution is 0.0170. The molecule has 0 unspecified atom stereocenters. The largest absolute Gasteiger partial charge is 0.497 e. The molecule has 94 valence electrons. The van der Waals surface area contributed by atoms with Gasteiger partial charge in [-0.15, -0.1) is 0 Å². The van der Waals surface area contributed by atoms with Crippen LogP contribution in [0.1, 0.15) is 18.4 Å². The molecule has 0 heterocycles. The van der Waals surface area contributed by atoms with E-state index in [0.717, 1.165) is 36.4 Å². The van der Waals surface area contributed by atoms with Gasteiger partial charge in [0.2, 0.25) is 0 Å². The Bertz CT molecular complexity index is 376. The third kappa shape index (κ3) is 2.90. The van der Waals surface area contributed by atoms with Gasteiger partial charge < -0.3 is 20.5 Å². The highest BCUT2D eigenvalue weighted by molar-refractivity contribution is 5.50. The molecule has 1 aliphatic rings. The van der Waals surface area contributed by atoms with Crippen LogP contribution in [0.15, 0.2) is 18.2 Å². The topological polar surface area (TPSA) is 56.5 Å². The molecule has 1 aliphatic carbocycles. The molecule has 4 nitrogen and oxygen atoms in total. The number of methoxy groups -OCH3 is 2. The number of nitrogens with one attached hydrogen (secondary N) is 1. The van der Waals surface area contributed by atoms with Crippen LogP contribution in [-0.4, -0.2) is 26.4 Å². The molecule has 0 amide bonds. The molecule has 0 spiro atoms. The number of benzene rings is 1. The standard InChI is InChI=1S/C13H20N2O2/c1-16-11-3-4-13(14)9(5-11)8-15-10-6-12(7-10)17-2/h3-5,10,12,15H,6-8,14H2,1-2H3. The van der Waals surface area contributed by atoms with Crippen LogP contribution in [0.25, 0.3) is 0 Å². The van der Waals surface area contributed by atoms with E-state index in [2.05, 4.69) is 5.32 Å². The Morgan fingerprint density at radius 3 is 2.76 bits per heavy atom. The van der Waals surface area contributed by atoms with Crippen LogP contribution < -0.4 is 15.8 Å². The van der Waals surface area contributed by atoms with E-state index in [-0.39, 0.29) is 0 Å². The molecule has 0 radical (unpaired) electrons. The Morgan fingerprint density at radius 2 is 2.12 bits per heavy atom. The third-order valence-electron chi connectivity index (χ3n) is 3.36. The summed E-state index contributed by atoms with van der Waals surface area (Å²) >= 11 is 0. The van der Waals surface area contributed by atoms with Gasteiger partial charge in [0.1, 0.15) is 5.75 Å². The maximum absolute atomic E-state index is 5.92. The average molecular weight is 236 g/mol. The number of hydrogen-bond donors (Lipinski definition) is 2. The van der Waals surface area contributed by atoms with Crippen molar-refractivity contribution in [3.8, 4) is 5.75 Å². The van der Waals surface area contributed by atoms with E-state index in [1.165, 1.54) is 0 Å². The van der Waals surface area contributed by atoms with Crippen LogP contribution >= 0.6 is 0 Å². The fraction of sp³-hybridized carbons (Fsp3) is 0.538. The molecule has 0 aliphatic heterocycles. The predicted molar refractivity (Wildman–Crippen MR) is 68.1 cm³/mol. The van der Waals surface area contributed by atoms with Crippen LogP contribution in [-0.2, 0) is 11.3 Å². The van der Waals surface area contributed by atoms with Crippen molar-refractivity contribution < 1.29 is 9.47 Å². The molecule has 1 fully saturated rings. The lowest BCUT2D eigenvalue weighted by atomic mass is 9.89. The number of anilines is 1. The summed E-state index contributed by atoms with van der Waals surface area (Å²) < 4.78 is 10.4. The SMILES string of the molecule is COc1ccc(N)c(CNC2CC(OC)C2)c1. The van der Waals surface area contributed by atoms with Crippen molar-refractivity contribution >= 4 is 5.69 Å². The van der Waals surface area contributed by atoms with E-state index in [1.807, 2.05) is 18.2 Å². The smallest absolute Gasteiger partial charge is 0.119 e. The van der Waals surface area contributed by atoms with Crippen molar-refractivity contribution in [2.24, 2.45) is 0 Å². The number of nitrogens with two attached hydrogens (primary N) is 1. The summed E-state index contributed by atoms with van der Waals surface area (Å²) in [6.07, 6.45) is 2.59. The zero-order chi connectivity index (χ0) is 12.3. The summed E-state index contributed by atoms with van der Waals surface area (Å²) in [5, 5.41) is 3.48. The number of nitrogen functional groups attached to an aromatic ring is 1. The third-order valence-corrected chi connectivity index (χ3v) is 3.36. The van der Waals surface area contributed by atoms with Crippen LogP contribution in [0, 0.1) is 0 Å². The molecule has 17 heavy (non-hydrogen) atoms. The van der Waals surface area contributed by atoms with Gasteiger partial charge in [-0.25, -0.2) is 0 Å². The second-order valence-electron chi connectivity index (χ2n) is 4.47. The van der Waals surface area contributed by atoms with Gasteiger partial charge in [0.15, 0.2) is 0 Å². The lowest BCUT2D eigenvalue weighted by Crippen LogP contribution is -2.44. The maximum Gasteiger partial charge on any atom is 0.119 e. The zero-order valence-electron chi connectivity index (χ0n) is 10.4. The Hall–Kier alpha value is -1.26. The van der Waals surface area contributed by atoms with Crippen LogP contribution in [0.3, 0.4) is 0 Å². The summed E-state index contributed by atoms with van der Waals surface area (Å²) in [7, 11) is 3.43. The van der Waals surface area contributed by atoms with Gasteiger partial charge in [0, 0.05) is 25.4 Å². The minimum atomic E-state index is 0.426. The Labute approximate surface area is 102 Å². The van der Waals surface area contributed by atoms with Gasteiger partial charge >= 0.3 is 0 Å². The highest BCUT2D eigenvalue weighted by Crippen LogP contribution is 2.24. The molecule has 1 aromatic rings. The van der Waals surface area contributed by atoms with Gasteiger partial charge in [-0.2, -0.15) is 0 Å². The van der Waals surface area contributed by atoms with Gasteiger partial charge in [-0.05, 0) is 36.6 Å². The van der Waals surface area contributed by atoms with Gasteiger partial charge in [-0.3, -0.25) is 0 Å². The number of ether oxygens (including phenoxy) is 2. The molecule has 3 N–H and O–H groups in total. The first-order valence-corrected chi connectivity index (χ1v) is 5.91. The van der Waals surface area contributed by atoms with Crippen molar-refractivity contribution in [1.29, 1.82) is 0 Å². The quantitative estimate of drug-likeness (QED) is 0.761. The Balaban J connectivity index is 1.86. The van der Waals surface area contributed by atoms with Crippen molar-refractivity contribution in [2.45, 2.75) is 31.5 Å². The molecule has 1 aromatic carbocycles. The fourth-order valence-corrected chi connectivity index (χ4v) is 2.04. The van der Waals surface area contributed by atoms with Crippen molar-refractivity contribution in [1.82, 2.24) is 5.32 Å². The zero-order valence-corrected chi connectivity index (χ0v) is 10.4. The van der Waals surface area contributed by atoms with E-state index >= 15 is 0 Å². The first-order chi connectivity index (χ1) is 8.22. The number of rotatable bonds is 5. The van der Waals surface area contributed by atoms with Crippen molar-refractivity contribution in [3.05, 3.63) is 23.8 Å².